The summed E-state index contributed by atoms with van der Waals surface area (Å²) in [5.74, 6) is -0.113. The average molecular weight is 432 g/mol. The van der Waals surface area contributed by atoms with E-state index in [0.29, 0.717) is 22.8 Å². The number of nitrogens with one attached hydrogen (secondary N) is 1. The predicted molar refractivity (Wildman–Crippen MR) is 116 cm³/mol. The number of aliphatic hydroxyl groups excluding tert-OH is 1. The highest BCUT2D eigenvalue weighted by atomic mass is 35.5. The number of imidazole rings is 1. The standard InChI is InChI=1S/C21H22ClN3O3S/c1-2-29-21-23-11-16(13-26)25(21)12-14-7-9-15(10-8-14)24-19(20(27)28)17-5-3-4-6-18(17)22/h3-11,19,24,26H,2,12-13H2,1H3,(H,27,28). The molecule has 0 aliphatic carbocycles. The summed E-state index contributed by atoms with van der Waals surface area (Å²) in [6, 6.07) is 13.5. The molecule has 1 unspecified atom stereocenters. The van der Waals surface area contributed by atoms with Gasteiger partial charge in [-0.2, -0.15) is 0 Å². The molecule has 6 nitrogen and oxygen atoms in total. The van der Waals surface area contributed by atoms with Crippen LogP contribution < -0.4 is 5.32 Å². The fraction of sp³-hybridized carbons (Fsp3) is 0.238. The first-order valence-electron chi connectivity index (χ1n) is 9.14. The van der Waals surface area contributed by atoms with Crippen molar-refractivity contribution in [1.29, 1.82) is 0 Å². The summed E-state index contributed by atoms with van der Waals surface area (Å²) in [4.78, 5) is 16.1. The van der Waals surface area contributed by atoms with E-state index in [4.69, 9.17) is 11.6 Å². The number of hydrogen-bond acceptors (Lipinski definition) is 5. The molecule has 29 heavy (non-hydrogen) atoms. The predicted octanol–water partition coefficient (Wildman–Crippen LogP) is 4.43. The van der Waals surface area contributed by atoms with E-state index in [0.717, 1.165) is 22.2 Å². The van der Waals surface area contributed by atoms with Crippen molar-refractivity contribution < 1.29 is 15.0 Å². The highest BCUT2D eigenvalue weighted by Crippen LogP contribution is 2.27. The number of hydrogen-bond donors (Lipinski definition) is 3. The van der Waals surface area contributed by atoms with Crippen LogP contribution in [0.2, 0.25) is 5.02 Å². The van der Waals surface area contributed by atoms with Gasteiger partial charge in [-0.05, 0) is 29.5 Å². The number of aliphatic carboxylic acids is 1. The van der Waals surface area contributed by atoms with Crippen LogP contribution in [-0.4, -0.2) is 31.5 Å². The molecule has 0 spiro atoms. The summed E-state index contributed by atoms with van der Waals surface area (Å²) in [7, 11) is 0. The molecule has 3 rings (SSSR count). The Morgan fingerprint density at radius 3 is 2.59 bits per heavy atom. The summed E-state index contributed by atoms with van der Waals surface area (Å²) in [6.07, 6.45) is 1.69. The normalized spacial score (nSPS) is 12.0. The highest BCUT2D eigenvalue weighted by Gasteiger charge is 2.22. The number of benzene rings is 2. The third-order valence-corrected chi connectivity index (χ3v) is 5.62. The number of carbonyl (C=O) groups is 1. The molecule has 0 aliphatic heterocycles. The van der Waals surface area contributed by atoms with E-state index in [1.54, 1.807) is 42.2 Å². The van der Waals surface area contributed by atoms with E-state index in [1.165, 1.54) is 0 Å². The highest BCUT2D eigenvalue weighted by molar-refractivity contribution is 7.99. The Hall–Kier alpha value is -2.48. The molecule has 152 valence electrons. The van der Waals surface area contributed by atoms with Gasteiger partial charge in [0.15, 0.2) is 11.2 Å². The molecule has 1 heterocycles. The monoisotopic (exact) mass is 431 g/mol. The van der Waals surface area contributed by atoms with E-state index in [1.807, 2.05) is 28.8 Å². The molecule has 2 aromatic carbocycles. The fourth-order valence-corrected chi connectivity index (χ4v) is 3.94. The molecular weight excluding hydrogens is 410 g/mol. The lowest BCUT2D eigenvalue weighted by Gasteiger charge is -2.18. The summed E-state index contributed by atoms with van der Waals surface area (Å²) in [6.45, 7) is 2.56. The van der Waals surface area contributed by atoms with Gasteiger partial charge in [-0.3, -0.25) is 0 Å². The van der Waals surface area contributed by atoms with Crippen molar-refractivity contribution in [3.63, 3.8) is 0 Å². The molecule has 0 amide bonds. The van der Waals surface area contributed by atoms with Gasteiger partial charge in [0, 0.05) is 22.8 Å². The lowest BCUT2D eigenvalue weighted by molar-refractivity contribution is -0.138. The first kappa shape index (κ1) is 21.2. The van der Waals surface area contributed by atoms with Crippen molar-refractivity contribution in [3.8, 4) is 0 Å². The van der Waals surface area contributed by atoms with Crippen molar-refractivity contribution in [2.45, 2.75) is 31.3 Å². The fourth-order valence-electron chi connectivity index (χ4n) is 2.97. The Balaban J connectivity index is 1.77. The Labute approximate surface area is 178 Å². The van der Waals surface area contributed by atoms with Gasteiger partial charge >= 0.3 is 5.97 Å². The number of carboxylic acid groups (broad SMARTS) is 1. The number of rotatable bonds is 9. The maximum Gasteiger partial charge on any atom is 0.330 e. The molecule has 0 fully saturated rings. The Kier molecular flexibility index (Phi) is 7.19. The summed E-state index contributed by atoms with van der Waals surface area (Å²) in [5.41, 5.74) is 2.97. The first-order chi connectivity index (χ1) is 14.0. The Bertz CT molecular complexity index is 976. The van der Waals surface area contributed by atoms with Crippen LogP contribution in [0.1, 0.15) is 29.8 Å². The van der Waals surface area contributed by atoms with Gasteiger partial charge in [-0.25, -0.2) is 9.78 Å². The third-order valence-electron chi connectivity index (χ3n) is 4.41. The minimum atomic E-state index is -1.01. The van der Waals surface area contributed by atoms with Crippen LogP contribution in [0, 0.1) is 0 Å². The van der Waals surface area contributed by atoms with Gasteiger partial charge in [0.25, 0.3) is 0 Å². The van der Waals surface area contributed by atoms with Crippen LogP contribution in [0.25, 0.3) is 0 Å². The van der Waals surface area contributed by atoms with Crippen LogP contribution in [0.4, 0.5) is 5.69 Å². The van der Waals surface area contributed by atoms with Crippen LogP contribution in [-0.2, 0) is 17.9 Å². The van der Waals surface area contributed by atoms with E-state index >= 15 is 0 Å². The van der Waals surface area contributed by atoms with Crippen molar-refractivity contribution in [2.75, 3.05) is 11.1 Å². The smallest absolute Gasteiger partial charge is 0.330 e. The molecule has 0 radical (unpaired) electrons. The van der Waals surface area contributed by atoms with E-state index in [2.05, 4.69) is 17.2 Å². The van der Waals surface area contributed by atoms with Gasteiger partial charge in [0.05, 0.1) is 18.5 Å². The second-order valence-corrected chi connectivity index (χ2v) is 7.98. The molecule has 3 N–H and O–H groups in total. The maximum absolute atomic E-state index is 11.7. The zero-order valence-corrected chi connectivity index (χ0v) is 17.5. The number of aromatic nitrogens is 2. The number of halogens is 1. The first-order valence-corrected chi connectivity index (χ1v) is 10.5. The molecule has 3 aromatic rings. The van der Waals surface area contributed by atoms with Crippen molar-refractivity contribution in [3.05, 3.63) is 76.6 Å². The van der Waals surface area contributed by atoms with Gasteiger partial charge in [0.2, 0.25) is 0 Å². The minimum absolute atomic E-state index is 0.0744. The minimum Gasteiger partial charge on any atom is -0.479 e. The zero-order chi connectivity index (χ0) is 20.8. The number of carboxylic acids is 1. The van der Waals surface area contributed by atoms with Gasteiger partial charge in [-0.1, -0.05) is 60.6 Å². The topological polar surface area (TPSA) is 87.4 Å². The van der Waals surface area contributed by atoms with Gasteiger partial charge in [-0.15, -0.1) is 0 Å². The zero-order valence-electron chi connectivity index (χ0n) is 15.9. The van der Waals surface area contributed by atoms with Crippen LogP contribution in [0.15, 0.2) is 59.9 Å². The second kappa shape index (κ2) is 9.82. The third kappa shape index (κ3) is 5.12. The Morgan fingerprint density at radius 1 is 1.24 bits per heavy atom. The lowest BCUT2D eigenvalue weighted by Crippen LogP contribution is -2.20. The lowest BCUT2D eigenvalue weighted by atomic mass is 10.1. The molecular formula is C21H22ClN3O3S. The van der Waals surface area contributed by atoms with Crippen molar-refractivity contribution in [1.82, 2.24) is 9.55 Å². The number of nitrogens with zero attached hydrogens (tertiary/aromatic N) is 2. The second-order valence-electron chi connectivity index (χ2n) is 6.34. The number of anilines is 1. The summed E-state index contributed by atoms with van der Waals surface area (Å²) >= 11 is 7.79. The number of thioether (sulfide) groups is 1. The van der Waals surface area contributed by atoms with Crippen molar-refractivity contribution >= 4 is 35.0 Å². The molecule has 0 saturated heterocycles. The van der Waals surface area contributed by atoms with Crippen LogP contribution in [0.5, 0.6) is 0 Å². The largest absolute Gasteiger partial charge is 0.479 e. The summed E-state index contributed by atoms with van der Waals surface area (Å²) < 4.78 is 1.99. The average Bonchev–Trinajstić information content (AvgIpc) is 3.09. The molecule has 1 atom stereocenters. The summed E-state index contributed by atoms with van der Waals surface area (Å²) in [5, 5.41) is 23.5. The van der Waals surface area contributed by atoms with E-state index in [9.17, 15) is 15.0 Å². The van der Waals surface area contributed by atoms with Crippen LogP contribution >= 0.6 is 23.4 Å². The SMILES string of the molecule is CCSc1ncc(CO)n1Cc1ccc(NC(C(=O)O)c2ccccc2Cl)cc1. The van der Waals surface area contributed by atoms with Crippen LogP contribution in [0.3, 0.4) is 0 Å². The van der Waals surface area contributed by atoms with E-state index < -0.39 is 12.0 Å². The molecule has 8 heteroatoms. The Morgan fingerprint density at radius 2 is 1.97 bits per heavy atom. The quantitative estimate of drug-likeness (QED) is 0.434. The molecule has 1 aromatic heterocycles. The molecule has 0 aliphatic rings. The van der Waals surface area contributed by atoms with Crippen molar-refractivity contribution in [2.24, 2.45) is 0 Å². The van der Waals surface area contributed by atoms with Gasteiger partial charge in [0.1, 0.15) is 0 Å². The number of aliphatic hydroxyl groups is 1. The maximum atomic E-state index is 11.7. The van der Waals surface area contributed by atoms with E-state index in [-0.39, 0.29) is 6.61 Å². The molecule has 0 saturated carbocycles. The van der Waals surface area contributed by atoms with Gasteiger partial charge < -0.3 is 20.1 Å². The molecule has 0 bridgehead atoms.